The van der Waals surface area contributed by atoms with E-state index in [1.54, 1.807) is 0 Å². The van der Waals surface area contributed by atoms with Crippen LogP contribution in [0.1, 0.15) is 13.8 Å². The molecule has 0 aliphatic rings. The number of carbonyl (C=O) groups excluding carboxylic acids is 1. The summed E-state index contributed by atoms with van der Waals surface area (Å²) in [7, 11) is -3.25. The molecule has 0 heterocycles. The van der Waals surface area contributed by atoms with Crippen molar-refractivity contribution in [2.45, 2.75) is 19.2 Å². The van der Waals surface area contributed by atoms with Crippen LogP contribution in [0.5, 0.6) is 0 Å². The van der Waals surface area contributed by atoms with E-state index in [4.69, 9.17) is 11.6 Å². The molecule has 0 saturated heterocycles. The summed E-state index contributed by atoms with van der Waals surface area (Å²) in [4.78, 5) is 11.0. The second-order valence-electron chi connectivity index (χ2n) is 3.63. The van der Waals surface area contributed by atoms with Gasteiger partial charge in [-0.1, -0.05) is 13.8 Å². The number of carbonyl (C=O) groups is 1. The van der Waals surface area contributed by atoms with Crippen molar-refractivity contribution < 1.29 is 13.2 Å². The third-order valence-electron chi connectivity index (χ3n) is 1.61. The van der Waals surface area contributed by atoms with Gasteiger partial charge in [-0.15, -0.1) is 11.6 Å². The number of hydrogen-bond donors (Lipinski definition) is 1. The van der Waals surface area contributed by atoms with Crippen molar-refractivity contribution in [3.8, 4) is 0 Å². The monoisotopic (exact) mass is 241 g/mol. The molecule has 1 atom stereocenters. The average Bonchev–Trinajstić information content (AvgIpc) is 1.96. The van der Waals surface area contributed by atoms with Crippen LogP contribution in [0.3, 0.4) is 0 Å². The minimum atomic E-state index is -3.25. The van der Waals surface area contributed by atoms with E-state index < -0.39 is 21.5 Å². The maximum atomic E-state index is 11.0. The van der Waals surface area contributed by atoms with E-state index in [2.05, 4.69) is 5.32 Å². The SMILES string of the molecule is CC(C)C(Cl)CNC(=O)CS(C)(=O)=O. The topological polar surface area (TPSA) is 63.2 Å². The highest BCUT2D eigenvalue weighted by Crippen LogP contribution is 2.07. The lowest BCUT2D eigenvalue weighted by Gasteiger charge is -2.13. The predicted molar refractivity (Wildman–Crippen MR) is 57.2 cm³/mol. The van der Waals surface area contributed by atoms with Gasteiger partial charge in [-0.25, -0.2) is 8.42 Å². The van der Waals surface area contributed by atoms with Gasteiger partial charge in [0.1, 0.15) is 5.75 Å². The Hall–Kier alpha value is -0.290. The Bertz CT molecular complexity index is 287. The summed E-state index contributed by atoms with van der Waals surface area (Å²) >= 11 is 5.87. The van der Waals surface area contributed by atoms with Gasteiger partial charge in [-0.3, -0.25) is 4.79 Å². The van der Waals surface area contributed by atoms with Crippen LogP contribution in [0.25, 0.3) is 0 Å². The van der Waals surface area contributed by atoms with Crippen LogP contribution in [0, 0.1) is 5.92 Å². The summed E-state index contributed by atoms with van der Waals surface area (Å²) in [5.74, 6) is -0.733. The zero-order chi connectivity index (χ0) is 11.4. The fourth-order valence-corrected chi connectivity index (χ4v) is 1.39. The molecule has 0 aromatic carbocycles. The van der Waals surface area contributed by atoms with Crippen molar-refractivity contribution in [3.63, 3.8) is 0 Å². The Labute approximate surface area is 89.9 Å². The lowest BCUT2D eigenvalue weighted by atomic mass is 10.1. The highest BCUT2D eigenvalue weighted by molar-refractivity contribution is 7.91. The Morgan fingerprint density at radius 2 is 1.93 bits per heavy atom. The van der Waals surface area contributed by atoms with Crippen LogP contribution in [-0.2, 0) is 14.6 Å². The predicted octanol–water partition coefficient (Wildman–Crippen LogP) is 0.411. The minimum Gasteiger partial charge on any atom is -0.354 e. The molecule has 0 aromatic heterocycles. The smallest absolute Gasteiger partial charge is 0.235 e. The normalized spacial score (nSPS) is 14.1. The first-order valence-electron chi connectivity index (χ1n) is 4.31. The van der Waals surface area contributed by atoms with E-state index in [0.717, 1.165) is 6.26 Å². The maximum Gasteiger partial charge on any atom is 0.235 e. The molecular weight excluding hydrogens is 226 g/mol. The van der Waals surface area contributed by atoms with Crippen molar-refractivity contribution in [2.24, 2.45) is 5.92 Å². The average molecular weight is 242 g/mol. The van der Waals surface area contributed by atoms with E-state index in [0.29, 0.717) is 6.54 Å². The highest BCUT2D eigenvalue weighted by Gasteiger charge is 2.14. The van der Waals surface area contributed by atoms with Crippen molar-refractivity contribution >= 4 is 27.3 Å². The number of sulfone groups is 1. The van der Waals surface area contributed by atoms with Gasteiger partial charge in [0.2, 0.25) is 5.91 Å². The molecule has 0 bridgehead atoms. The lowest BCUT2D eigenvalue weighted by molar-refractivity contribution is -0.118. The summed E-state index contributed by atoms with van der Waals surface area (Å²) < 4.78 is 21.5. The molecule has 0 rings (SSSR count). The molecule has 1 N–H and O–H groups in total. The molecule has 0 radical (unpaired) electrons. The van der Waals surface area contributed by atoms with Crippen molar-refractivity contribution in [2.75, 3.05) is 18.6 Å². The first-order chi connectivity index (χ1) is 6.22. The van der Waals surface area contributed by atoms with Gasteiger partial charge >= 0.3 is 0 Å². The summed E-state index contributed by atoms with van der Waals surface area (Å²) in [6.45, 7) is 4.16. The molecule has 0 fully saturated rings. The van der Waals surface area contributed by atoms with E-state index in [1.807, 2.05) is 13.8 Å². The van der Waals surface area contributed by atoms with E-state index in [1.165, 1.54) is 0 Å². The Balaban J connectivity index is 3.87. The van der Waals surface area contributed by atoms with Gasteiger partial charge in [0.15, 0.2) is 9.84 Å². The fourth-order valence-electron chi connectivity index (χ4n) is 0.736. The second kappa shape index (κ2) is 5.56. The number of hydrogen-bond acceptors (Lipinski definition) is 3. The Morgan fingerprint density at radius 1 is 1.43 bits per heavy atom. The molecule has 4 nitrogen and oxygen atoms in total. The molecule has 0 aliphatic carbocycles. The fraction of sp³-hybridized carbons (Fsp3) is 0.875. The minimum absolute atomic E-state index is 0.168. The van der Waals surface area contributed by atoms with Crippen LogP contribution in [-0.4, -0.2) is 38.3 Å². The van der Waals surface area contributed by atoms with Crippen LogP contribution in [0.2, 0.25) is 0 Å². The van der Waals surface area contributed by atoms with E-state index in [-0.39, 0.29) is 11.3 Å². The number of nitrogens with one attached hydrogen (secondary N) is 1. The molecule has 0 spiro atoms. The van der Waals surface area contributed by atoms with Gasteiger partial charge in [-0.2, -0.15) is 0 Å². The Morgan fingerprint density at radius 3 is 2.29 bits per heavy atom. The summed E-state index contributed by atoms with van der Waals surface area (Å²) in [5.41, 5.74) is 0. The molecule has 1 amide bonds. The largest absolute Gasteiger partial charge is 0.354 e. The summed E-state index contributed by atoms with van der Waals surface area (Å²) in [6.07, 6.45) is 1.02. The standard InChI is InChI=1S/C8H16ClNO3S/c1-6(2)7(9)4-10-8(11)5-14(3,12)13/h6-7H,4-5H2,1-3H3,(H,10,11). The third-order valence-corrected chi connectivity index (χ3v) is 3.06. The molecule has 1 unspecified atom stereocenters. The quantitative estimate of drug-likeness (QED) is 0.710. The third kappa shape index (κ3) is 7.15. The number of rotatable bonds is 5. The number of amides is 1. The zero-order valence-corrected chi connectivity index (χ0v) is 10.2. The first kappa shape index (κ1) is 13.7. The second-order valence-corrected chi connectivity index (χ2v) is 6.33. The maximum absolute atomic E-state index is 11.0. The molecule has 6 heteroatoms. The van der Waals surface area contributed by atoms with Gasteiger partial charge < -0.3 is 5.32 Å². The summed E-state index contributed by atoms with van der Waals surface area (Å²) in [5, 5.41) is 2.30. The highest BCUT2D eigenvalue weighted by atomic mass is 35.5. The van der Waals surface area contributed by atoms with Gasteiger partial charge in [0.05, 0.1) is 5.38 Å². The van der Waals surface area contributed by atoms with E-state index in [9.17, 15) is 13.2 Å². The van der Waals surface area contributed by atoms with Crippen molar-refractivity contribution in [1.82, 2.24) is 5.32 Å². The summed E-state index contributed by atoms with van der Waals surface area (Å²) in [6, 6.07) is 0. The van der Waals surface area contributed by atoms with Crippen LogP contribution < -0.4 is 5.32 Å². The molecule has 14 heavy (non-hydrogen) atoms. The van der Waals surface area contributed by atoms with Gasteiger partial charge in [-0.05, 0) is 5.92 Å². The first-order valence-corrected chi connectivity index (χ1v) is 6.80. The molecule has 0 saturated carbocycles. The van der Waals surface area contributed by atoms with Crippen molar-refractivity contribution in [3.05, 3.63) is 0 Å². The van der Waals surface area contributed by atoms with Crippen LogP contribution >= 0.6 is 11.6 Å². The van der Waals surface area contributed by atoms with Gasteiger partial charge in [0, 0.05) is 12.8 Å². The number of halogens is 1. The van der Waals surface area contributed by atoms with Crippen LogP contribution in [0.4, 0.5) is 0 Å². The molecular formula is C8H16ClNO3S. The van der Waals surface area contributed by atoms with E-state index >= 15 is 0 Å². The Kier molecular flexibility index (Phi) is 5.44. The molecule has 0 aliphatic heterocycles. The van der Waals surface area contributed by atoms with Crippen LogP contribution in [0.15, 0.2) is 0 Å². The molecule has 84 valence electrons. The van der Waals surface area contributed by atoms with Gasteiger partial charge in [0.25, 0.3) is 0 Å². The van der Waals surface area contributed by atoms with Crippen molar-refractivity contribution in [1.29, 1.82) is 0 Å². The number of alkyl halides is 1. The molecule has 0 aromatic rings. The zero-order valence-electron chi connectivity index (χ0n) is 8.58. The lowest BCUT2D eigenvalue weighted by Crippen LogP contribution is -2.35.